The van der Waals surface area contributed by atoms with Crippen molar-refractivity contribution in [2.75, 3.05) is 12.4 Å². The van der Waals surface area contributed by atoms with Gasteiger partial charge in [-0.1, -0.05) is 24.3 Å². The van der Waals surface area contributed by atoms with E-state index in [1.807, 2.05) is 0 Å². The van der Waals surface area contributed by atoms with Crippen molar-refractivity contribution in [1.82, 2.24) is 0 Å². The molecule has 2 aromatic carbocycles. The van der Waals surface area contributed by atoms with Crippen LogP contribution in [0.4, 0.5) is 5.69 Å². The van der Waals surface area contributed by atoms with Crippen molar-refractivity contribution in [3.63, 3.8) is 0 Å². The van der Waals surface area contributed by atoms with E-state index in [0.717, 1.165) is 21.8 Å². The van der Waals surface area contributed by atoms with E-state index in [4.69, 9.17) is 9.84 Å². The first-order valence-electron chi connectivity index (χ1n) is 9.06. The van der Waals surface area contributed by atoms with Crippen LogP contribution in [-0.4, -0.2) is 35.2 Å². The largest absolute Gasteiger partial charge is 0.497 e. The van der Waals surface area contributed by atoms with Crippen LogP contribution in [0.1, 0.15) is 42.8 Å². The molecule has 0 saturated carbocycles. The van der Waals surface area contributed by atoms with Crippen LogP contribution in [-0.2, 0) is 4.79 Å². The highest BCUT2D eigenvalue weighted by Crippen LogP contribution is 2.49. The van der Waals surface area contributed by atoms with Gasteiger partial charge >= 0.3 is 11.9 Å². The molecule has 1 aliphatic rings. The van der Waals surface area contributed by atoms with E-state index in [-0.39, 0.29) is 28.7 Å². The van der Waals surface area contributed by atoms with E-state index >= 15 is 0 Å². The molecule has 3 N–H and O–H groups in total. The average molecular weight is 423 g/mol. The van der Waals surface area contributed by atoms with Crippen LogP contribution in [0, 0.1) is 0 Å². The number of methoxy groups -OCH3 is 1. The molecular weight excluding hydrogens is 406 g/mol. The summed E-state index contributed by atoms with van der Waals surface area (Å²) in [5, 5.41) is 21.8. The molecular formula is C22H17NO6S. The van der Waals surface area contributed by atoms with E-state index in [1.54, 1.807) is 43.5 Å². The number of rotatable bonds is 5. The lowest BCUT2D eigenvalue weighted by Gasteiger charge is -2.24. The maximum atomic E-state index is 12.5. The number of thiophene rings is 1. The van der Waals surface area contributed by atoms with Gasteiger partial charge in [0.15, 0.2) is 0 Å². The number of anilines is 1. The minimum Gasteiger partial charge on any atom is -0.497 e. The number of carboxylic acid groups (broad SMARTS) is 2. The highest BCUT2D eigenvalue weighted by molar-refractivity contribution is 7.15. The number of nitrogens with one attached hydrogen (secondary N) is 1. The van der Waals surface area contributed by atoms with E-state index in [0.29, 0.717) is 22.6 Å². The van der Waals surface area contributed by atoms with E-state index < -0.39 is 11.9 Å². The summed E-state index contributed by atoms with van der Waals surface area (Å²) in [6, 6.07) is 13.3. The van der Waals surface area contributed by atoms with Crippen LogP contribution >= 0.6 is 11.3 Å². The van der Waals surface area contributed by atoms with Gasteiger partial charge in [-0.15, -0.1) is 11.3 Å². The number of carboxylic acids is 2. The predicted molar refractivity (Wildman–Crippen MR) is 112 cm³/mol. The van der Waals surface area contributed by atoms with Gasteiger partial charge in [0.05, 0.1) is 18.4 Å². The fourth-order valence-corrected chi connectivity index (χ4v) is 4.84. The van der Waals surface area contributed by atoms with E-state index in [9.17, 15) is 19.5 Å². The van der Waals surface area contributed by atoms with Crippen LogP contribution < -0.4 is 10.1 Å². The first-order chi connectivity index (χ1) is 14.4. The monoisotopic (exact) mass is 423 g/mol. The van der Waals surface area contributed by atoms with Crippen LogP contribution in [0.25, 0.3) is 11.1 Å². The van der Waals surface area contributed by atoms with Gasteiger partial charge in [-0.05, 0) is 35.4 Å². The second-order valence-electron chi connectivity index (χ2n) is 6.81. The Morgan fingerprint density at radius 1 is 1.03 bits per heavy atom. The minimum absolute atomic E-state index is 0.138. The SMILES string of the molecule is COc1ccc(-c2c(C(=O)O)sc3c2NC(=O)C[C@@H]3c2ccc(C(=O)O)cc2)cc1. The predicted octanol–water partition coefficient (Wildman–Crippen LogP) is 4.29. The molecule has 4 rings (SSSR count). The molecule has 1 amide bonds. The number of benzene rings is 2. The number of hydrogen-bond acceptors (Lipinski definition) is 5. The lowest BCUT2D eigenvalue weighted by molar-refractivity contribution is -0.116. The van der Waals surface area contributed by atoms with Crippen molar-refractivity contribution in [3.8, 4) is 16.9 Å². The molecule has 0 spiro atoms. The zero-order valence-corrected chi connectivity index (χ0v) is 16.7. The third kappa shape index (κ3) is 3.42. The maximum absolute atomic E-state index is 12.5. The first-order valence-corrected chi connectivity index (χ1v) is 9.88. The molecule has 1 aliphatic heterocycles. The number of hydrogen-bond donors (Lipinski definition) is 3. The molecule has 2 heterocycles. The van der Waals surface area contributed by atoms with Crippen LogP contribution in [0.2, 0.25) is 0 Å². The molecule has 0 aliphatic carbocycles. The quantitative estimate of drug-likeness (QED) is 0.564. The lowest BCUT2D eigenvalue weighted by atomic mass is 9.88. The van der Waals surface area contributed by atoms with E-state index in [2.05, 4.69) is 5.32 Å². The Morgan fingerprint density at radius 3 is 2.27 bits per heavy atom. The summed E-state index contributed by atoms with van der Waals surface area (Å²) in [5.74, 6) is -2.05. The molecule has 152 valence electrons. The molecule has 1 atom stereocenters. The number of carbonyl (C=O) groups is 3. The highest BCUT2D eigenvalue weighted by Gasteiger charge is 2.34. The topological polar surface area (TPSA) is 113 Å². The van der Waals surface area contributed by atoms with Crippen molar-refractivity contribution in [2.45, 2.75) is 12.3 Å². The van der Waals surface area contributed by atoms with Gasteiger partial charge in [0.25, 0.3) is 0 Å². The van der Waals surface area contributed by atoms with Gasteiger partial charge in [-0.25, -0.2) is 9.59 Å². The summed E-state index contributed by atoms with van der Waals surface area (Å²) in [7, 11) is 1.55. The fraction of sp³-hybridized carbons (Fsp3) is 0.136. The van der Waals surface area contributed by atoms with Gasteiger partial charge < -0.3 is 20.3 Å². The van der Waals surface area contributed by atoms with Crippen molar-refractivity contribution in [3.05, 3.63) is 69.4 Å². The third-order valence-electron chi connectivity index (χ3n) is 5.04. The Kier molecular flexibility index (Phi) is 5.01. The van der Waals surface area contributed by atoms with Crippen molar-refractivity contribution >= 4 is 34.9 Å². The summed E-state index contributed by atoms with van der Waals surface area (Å²) >= 11 is 1.13. The van der Waals surface area contributed by atoms with Crippen molar-refractivity contribution in [2.24, 2.45) is 0 Å². The summed E-state index contributed by atoms with van der Waals surface area (Å²) in [4.78, 5) is 36.5. The second kappa shape index (κ2) is 7.64. The molecule has 8 heteroatoms. The maximum Gasteiger partial charge on any atom is 0.346 e. The van der Waals surface area contributed by atoms with E-state index in [1.165, 1.54) is 12.1 Å². The molecule has 3 aromatic rings. The number of amides is 1. The lowest BCUT2D eigenvalue weighted by Crippen LogP contribution is -2.22. The molecule has 7 nitrogen and oxygen atoms in total. The molecule has 30 heavy (non-hydrogen) atoms. The summed E-state index contributed by atoms with van der Waals surface area (Å²) in [6.07, 6.45) is 0.154. The Balaban J connectivity index is 1.86. The molecule has 1 aromatic heterocycles. The molecule has 0 bridgehead atoms. The van der Waals surface area contributed by atoms with Gasteiger partial charge in [0.1, 0.15) is 10.6 Å². The summed E-state index contributed by atoms with van der Waals surface area (Å²) in [6.45, 7) is 0. The van der Waals surface area contributed by atoms with Gasteiger partial charge in [0.2, 0.25) is 5.91 Å². The van der Waals surface area contributed by atoms with Crippen molar-refractivity contribution < 1.29 is 29.3 Å². The first kappa shape index (κ1) is 19.7. The van der Waals surface area contributed by atoms with Gasteiger partial charge in [-0.3, -0.25) is 4.79 Å². The third-order valence-corrected chi connectivity index (χ3v) is 6.33. The zero-order chi connectivity index (χ0) is 21.4. The fourth-order valence-electron chi connectivity index (χ4n) is 3.60. The molecule has 0 radical (unpaired) electrons. The molecule has 0 fully saturated rings. The Labute approximate surface area is 175 Å². The Morgan fingerprint density at radius 2 is 1.70 bits per heavy atom. The summed E-state index contributed by atoms with van der Waals surface area (Å²) < 4.78 is 5.17. The normalized spacial score (nSPS) is 15.2. The number of ether oxygens (including phenoxy) is 1. The smallest absolute Gasteiger partial charge is 0.346 e. The van der Waals surface area contributed by atoms with Gasteiger partial charge in [-0.2, -0.15) is 0 Å². The number of aromatic carboxylic acids is 2. The number of fused-ring (bicyclic) bond motifs is 1. The second-order valence-corrected chi connectivity index (χ2v) is 7.86. The summed E-state index contributed by atoms with van der Waals surface area (Å²) in [5.41, 5.74) is 2.52. The molecule has 0 saturated heterocycles. The van der Waals surface area contributed by atoms with Crippen LogP contribution in [0.3, 0.4) is 0 Å². The Bertz CT molecular complexity index is 1150. The zero-order valence-electron chi connectivity index (χ0n) is 15.8. The van der Waals surface area contributed by atoms with Gasteiger partial charge in [0, 0.05) is 22.8 Å². The minimum atomic E-state index is -1.07. The Hall–Kier alpha value is -3.65. The van der Waals surface area contributed by atoms with Crippen LogP contribution in [0.5, 0.6) is 5.75 Å². The standard InChI is InChI=1S/C22H17NO6S/c1-29-14-8-6-12(7-9-14)17-18-19(30-20(17)22(27)28)15(10-16(24)23-18)11-2-4-13(5-3-11)21(25)26/h2-9,15H,10H2,1H3,(H,23,24)(H,25,26)(H,27,28)/t15-/m1/s1. The average Bonchev–Trinajstić information content (AvgIpc) is 3.13. The molecule has 0 unspecified atom stereocenters. The van der Waals surface area contributed by atoms with Crippen molar-refractivity contribution in [1.29, 1.82) is 0 Å². The van der Waals surface area contributed by atoms with Crippen LogP contribution in [0.15, 0.2) is 48.5 Å². The highest BCUT2D eigenvalue weighted by atomic mass is 32.1. The number of carbonyl (C=O) groups excluding carboxylic acids is 1.